The number of hydrogen-bond donors (Lipinski definition) is 1. The summed E-state index contributed by atoms with van der Waals surface area (Å²) in [7, 11) is 0. The molecule has 0 radical (unpaired) electrons. The second-order valence-electron chi connectivity index (χ2n) is 4.16. The largest absolute Gasteiger partial charge is 0.481 e. The van der Waals surface area contributed by atoms with Gasteiger partial charge in [0.25, 0.3) is 0 Å². The number of carboxylic acid groups (broad SMARTS) is 1. The maximum absolute atomic E-state index is 10.5. The number of halogens is 1. The van der Waals surface area contributed by atoms with Crippen LogP contribution in [0, 0.1) is 0 Å². The predicted molar refractivity (Wildman–Crippen MR) is 67.5 cm³/mol. The zero-order valence-electron chi connectivity index (χ0n) is 10.2. The minimum absolute atomic E-state index is 0.162. The highest BCUT2D eigenvalue weighted by molar-refractivity contribution is 6.32. The molecule has 0 amide bonds. The molecule has 2 rings (SSSR count). The summed E-state index contributed by atoms with van der Waals surface area (Å²) in [5.74, 6) is 0.547. The van der Waals surface area contributed by atoms with Crippen LogP contribution in [0.3, 0.4) is 0 Å². The molecule has 0 atom stereocenters. The molecule has 0 bridgehead atoms. The van der Waals surface area contributed by atoms with Crippen molar-refractivity contribution < 1.29 is 19.4 Å². The van der Waals surface area contributed by atoms with Gasteiger partial charge in [-0.2, -0.15) is 0 Å². The van der Waals surface area contributed by atoms with Crippen molar-refractivity contribution >= 4 is 17.6 Å². The Balaban J connectivity index is 2.24. The van der Waals surface area contributed by atoms with Crippen LogP contribution in [0.15, 0.2) is 6.07 Å². The molecule has 0 spiro atoms. The van der Waals surface area contributed by atoms with Gasteiger partial charge in [0, 0.05) is 12.0 Å². The van der Waals surface area contributed by atoms with Crippen LogP contribution in [0.5, 0.6) is 11.5 Å². The van der Waals surface area contributed by atoms with Crippen molar-refractivity contribution in [1.82, 2.24) is 0 Å². The molecule has 5 heteroatoms. The van der Waals surface area contributed by atoms with Gasteiger partial charge in [0.1, 0.15) is 0 Å². The first-order valence-corrected chi connectivity index (χ1v) is 6.33. The van der Waals surface area contributed by atoms with Gasteiger partial charge < -0.3 is 14.6 Å². The third kappa shape index (κ3) is 2.53. The lowest BCUT2D eigenvalue weighted by Crippen LogP contribution is -2.00. The van der Waals surface area contributed by atoms with Crippen LogP contribution in [0.4, 0.5) is 0 Å². The molecule has 0 saturated heterocycles. The van der Waals surface area contributed by atoms with E-state index in [0.29, 0.717) is 23.6 Å². The summed E-state index contributed by atoms with van der Waals surface area (Å²) in [6, 6.07) is 1.86. The standard InChI is InChI=1S/C13H15ClO4/c1-2-9-8(4-3-5-11(15)16)6-10(14)13-12(9)17-7-18-13/h6H,2-5,7H2,1H3,(H,15,16). The fraction of sp³-hybridized carbons (Fsp3) is 0.462. The van der Waals surface area contributed by atoms with E-state index in [0.717, 1.165) is 23.3 Å². The molecule has 1 N–H and O–H groups in total. The van der Waals surface area contributed by atoms with Crippen LogP contribution in [0.1, 0.15) is 30.9 Å². The summed E-state index contributed by atoms with van der Waals surface area (Å²) < 4.78 is 10.8. The van der Waals surface area contributed by atoms with E-state index in [1.165, 1.54) is 0 Å². The van der Waals surface area contributed by atoms with Crippen LogP contribution >= 0.6 is 11.6 Å². The second-order valence-corrected chi connectivity index (χ2v) is 4.57. The third-order valence-corrected chi connectivity index (χ3v) is 3.26. The molecule has 1 aliphatic heterocycles. The lowest BCUT2D eigenvalue weighted by atomic mass is 9.98. The van der Waals surface area contributed by atoms with Gasteiger partial charge in [0.2, 0.25) is 6.79 Å². The van der Waals surface area contributed by atoms with Gasteiger partial charge in [0.15, 0.2) is 11.5 Å². The summed E-state index contributed by atoms with van der Waals surface area (Å²) in [5.41, 5.74) is 2.12. The van der Waals surface area contributed by atoms with Crippen LogP contribution in [-0.2, 0) is 17.6 Å². The Kier molecular flexibility index (Phi) is 3.97. The number of fused-ring (bicyclic) bond motifs is 1. The van der Waals surface area contributed by atoms with Gasteiger partial charge in [-0.25, -0.2) is 0 Å². The van der Waals surface area contributed by atoms with Crippen LogP contribution in [0.2, 0.25) is 5.02 Å². The van der Waals surface area contributed by atoms with Crippen molar-refractivity contribution in [2.75, 3.05) is 6.79 Å². The molecular weight excluding hydrogens is 256 g/mol. The zero-order valence-corrected chi connectivity index (χ0v) is 10.9. The predicted octanol–water partition coefficient (Wildman–Crippen LogP) is 3.04. The number of carboxylic acids is 1. The maximum Gasteiger partial charge on any atom is 0.303 e. The molecule has 0 fully saturated rings. The minimum atomic E-state index is -0.778. The SMILES string of the molecule is CCc1c(CCCC(=O)O)cc(Cl)c2c1OCO2. The fourth-order valence-electron chi connectivity index (χ4n) is 2.17. The molecule has 1 aliphatic rings. The maximum atomic E-state index is 10.5. The normalized spacial score (nSPS) is 12.8. The van der Waals surface area contributed by atoms with Gasteiger partial charge in [-0.1, -0.05) is 18.5 Å². The second kappa shape index (κ2) is 5.48. The van der Waals surface area contributed by atoms with E-state index in [2.05, 4.69) is 0 Å². The number of rotatable bonds is 5. The van der Waals surface area contributed by atoms with Crippen molar-refractivity contribution in [2.45, 2.75) is 32.6 Å². The molecule has 1 aromatic carbocycles. The topological polar surface area (TPSA) is 55.8 Å². The summed E-state index contributed by atoms with van der Waals surface area (Å²) in [6.07, 6.45) is 2.25. The molecule has 0 aliphatic carbocycles. The summed E-state index contributed by atoms with van der Waals surface area (Å²) in [6.45, 7) is 2.23. The average molecular weight is 271 g/mol. The van der Waals surface area contributed by atoms with Crippen molar-refractivity contribution in [3.05, 3.63) is 22.2 Å². The lowest BCUT2D eigenvalue weighted by Gasteiger charge is -2.11. The molecule has 4 nitrogen and oxygen atoms in total. The first-order valence-electron chi connectivity index (χ1n) is 5.95. The Hall–Kier alpha value is -1.42. The van der Waals surface area contributed by atoms with Crippen LogP contribution in [-0.4, -0.2) is 17.9 Å². The smallest absolute Gasteiger partial charge is 0.303 e. The number of hydrogen-bond acceptors (Lipinski definition) is 3. The zero-order chi connectivity index (χ0) is 13.1. The van der Waals surface area contributed by atoms with E-state index in [4.69, 9.17) is 26.2 Å². The summed E-state index contributed by atoms with van der Waals surface area (Å²) >= 11 is 6.12. The molecule has 1 heterocycles. The molecular formula is C13H15ClO4. The number of aliphatic carboxylic acids is 1. The average Bonchev–Trinajstić information content (AvgIpc) is 2.78. The first-order chi connectivity index (χ1) is 8.63. The molecule has 98 valence electrons. The van der Waals surface area contributed by atoms with Gasteiger partial charge in [-0.3, -0.25) is 4.79 Å². The van der Waals surface area contributed by atoms with Gasteiger partial charge >= 0.3 is 5.97 Å². The van der Waals surface area contributed by atoms with Crippen molar-refractivity contribution in [2.24, 2.45) is 0 Å². The van der Waals surface area contributed by atoms with E-state index >= 15 is 0 Å². The lowest BCUT2D eigenvalue weighted by molar-refractivity contribution is -0.137. The van der Waals surface area contributed by atoms with Gasteiger partial charge in [-0.15, -0.1) is 0 Å². The first kappa shape index (κ1) is 13.0. The molecule has 1 aromatic rings. The number of benzene rings is 1. The van der Waals surface area contributed by atoms with Gasteiger partial charge in [0.05, 0.1) is 5.02 Å². The van der Waals surface area contributed by atoms with E-state index in [1.54, 1.807) is 0 Å². The quantitative estimate of drug-likeness (QED) is 0.893. The fourth-order valence-corrected chi connectivity index (χ4v) is 2.44. The third-order valence-electron chi connectivity index (χ3n) is 2.98. The molecule has 0 unspecified atom stereocenters. The molecule has 18 heavy (non-hydrogen) atoms. The van der Waals surface area contributed by atoms with E-state index in [-0.39, 0.29) is 13.2 Å². The number of aryl methyl sites for hydroxylation is 1. The molecule has 0 aromatic heterocycles. The van der Waals surface area contributed by atoms with E-state index in [1.807, 2.05) is 13.0 Å². The van der Waals surface area contributed by atoms with E-state index < -0.39 is 5.97 Å². The highest BCUT2D eigenvalue weighted by Crippen LogP contribution is 2.44. The van der Waals surface area contributed by atoms with E-state index in [9.17, 15) is 4.79 Å². The summed E-state index contributed by atoms with van der Waals surface area (Å²) in [4.78, 5) is 10.5. The summed E-state index contributed by atoms with van der Waals surface area (Å²) in [5, 5.41) is 9.19. The highest BCUT2D eigenvalue weighted by Gasteiger charge is 2.23. The van der Waals surface area contributed by atoms with Crippen molar-refractivity contribution in [3.63, 3.8) is 0 Å². The Morgan fingerprint density at radius 2 is 2.17 bits per heavy atom. The Morgan fingerprint density at radius 3 is 2.83 bits per heavy atom. The monoisotopic (exact) mass is 270 g/mol. The minimum Gasteiger partial charge on any atom is -0.481 e. The number of carbonyl (C=O) groups is 1. The Labute approximate surface area is 110 Å². The van der Waals surface area contributed by atoms with Crippen LogP contribution < -0.4 is 9.47 Å². The van der Waals surface area contributed by atoms with Crippen molar-refractivity contribution in [1.29, 1.82) is 0 Å². The van der Waals surface area contributed by atoms with Crippen molar-refractivity contribution in [3.8, 4) is 11.5 Å². The number of ether oxygens (including phenoxy) is 2. The Bertz CT molecular complexity index is 471. The van der Waals surface area contributed by atoms with Gasteiger partial charge in [-0.05, 0) is 30.9 Å². The highest BCUT2D eigenvalue weighted by atomic mass is 35.5. The van der Waals surface area contributed by atoms with Crippen LogP contribution in [0.25, 0.3) is 0 Å². The molecule has 0 saturated carbocycles. The Morgan fingerprint density at radius 1 is 1.44 bits per heavy atom.